The number of nitrogens with zero attached hydrogens (tertiary/aromatic N) is 4. The molecule has 162 valence electrons. The summed E-state index contributed by atoms with van der Waals surface area (Å²) in [4.78, 5) is 54.3. The van der Waals surface area contributed by atoms with E-state index in [2.05, 4.69) is 25.2 Å². The number of thioether (sulfide) groups is 1. The summed E-state index contributed by atoms with van der Waals surface area (Å²) in [5.41, 5.74) is 6.34. The molecular weight excluding hydrogens is 466 g/mol. The van der Waals surface area contributed by atoms with Gasteiger partial charge in [-0.05, 0) is 17.1 Å². The number of nitrogens with one attached hydrogen (secondary N) is 2. The van der Waals surface area contributed by atoms with Crippen LogP contribution in [0.5, 0.6) is 0 Å². The van der Waals surface area contributed by atoms with Crippen LogP contribution in [0.3, 0.4) is 0 Å². The van der Waals surface area contributed by atoms with Crippen LogP contribution in [-0.2, 0) is 25.6 Å². The Morgan fingerprint density at radius 3 is 2.87 bits per heavy atom. The van der Waals surface area contributed by atoms with Crippen molar-refractivity contribution < 1.29 is 24.3 Å². The number of amides is 3. The summed E-state index contributed by atoms with van der Waals surface area (Å²) in [5.74, 6) is -2.02. The van der Waals surface area contributed by atoms with Gasteiger partial charge in [-0.3, -0.25) is 19.3 Å². The first-order chi connectivity index (χ1) is 14.9. The highest BCUT2D eigenvalue weighted by atomic mass is 32.2. The molecule has 1 unspecified atom stereocenters. The summed E-state index contributed by atoms with van der Waals surface area (Å²) in [5, 5.41) is 19.6. The van der Waals surface area contributed by atoms with Gasteiger partial charge in [-0.25, -0.2) is 9.78 Å². The summed E-state index contributed by atoms with van der Waals surface area (Å²) in [7, 11) is 0. The summed E-state index contributed by atoms with van der Waals surface area (Å²) < 4.78 is 3.77. The second-order valence-electron chi connectivity index (χ2n) is 6.54. The molecular formula is C16H15N7O5S3. The van der Waals surface area contributed by atoms with Crippen LogP contribution in [0.4, 0.5) is 5.13 Å². The number of hydrogen-bond donors (Lipinski definition) is 4. The predicted molar refractivity (Wildman–Crippen MR) is 112 cm³/mol. The van der Waals surface area contributed by atoms with Crippen molar-refractivity contribution in [2.75, 3.05) is 11.5 Å². The van der Waals surface area contributed by atoms with Gasteiger partial charge in [0.2, 0.25) is 12.3 Å². The van der Waals surface area contributed by atoms with Gasteiger partial charge in [0, 0.05) is 22.4 Å². The zero-order valence-corrected chi connectivity index (χ0v) is 18.0. The minimum atomic E-state index is -1.21. The maximum atomic E-state index is 12.8. The van der Waals surface area contributed by atoms with Crippen LogP contribution in [0, 0.1) is 0 Å². The molecule has 15 heteroatoms. The van der Waals surface area contributed by atoms with Crippen LogP contribution in [0.15, 0.2) is 22.8 Å². The molecule has 1 fully saturated rings. The molecule has 0 aromatic carbocycles. The monoisotopic (exact) mass is 481 g/mol. The van der Waals surface area contributed by atoms with E-state index >= 15 is 0 Å². The number of nitrogens with two attached hydrogens (primary N) is 1. The molecule has 31 heavy (non-hydrogen) atoms. The fourth-order valence-corrected chi connectivity index (χ4v) is 5.79. The molecule has 1 saturated heterocycles. The minimum absolute atomic E-state index is 0.0810. The third-order valence-corrected chi connectivity index (χ3v) is 7.37. The molecule has 0 saturated carbocycles. The largest absolute Gasteiger partial charge is 0.477 e. The van der Waals surface area contributed by atoms with E-state index in [0.717, 1.165) is 27.7 Å². The van der Waals surface area contributed by atoms with E-state index in [1.54, 1.807) is 6.20 Å². The molecule has 5 N–H and O–H groups in total. The van der Waals surface area contributed by atoms with Crippen molar-refractivity contribution in [1.29, 1.82) is 0 Å². The first kappa shape index (κ1) is 21.2. The number of anilines is 1. The summed E-state index contributed by atoms with van der Waals surface area (Å²) >= 11 is 3.62. The Balaban J connectivity index is 1.51. The van der Waals surface area contributed by atoms with Crippen molar-refractivity contribution in [2.45, 2.75) is 23.9 Å². The number of aliphatic carboxylic acids is 1. The van der Waals surface area contributed by atoms with Crippen LogP contribution in [0.25, 0.3) is 0 Å². The number of hydrogen-bond acceptors (Lipinski definition) is 11. The fourth-order valence-electron chi connectivity index (χ4n) is 3.33. The molecule has 2 aromatic rings. The van der Waals surface area contributed by atoms with Crippen molar-refractivity contribution in [3.8, 4) is 0 Å². The van der Waals surface area contributed by atoms with Crippen molar-refractivity contribution in [3.63, 3.8) is 0 Å². The molecule has 4 rings (SSSR count). The molecule has 3 amide bonds. The number of carbonyl (C=O) groups excluding carboxylic acids is 3. The molecule has 2 aromatic heterocycles. The predicted octanol–water partition coefficient (Wildman–Crippen LogP) is -0.655. The molecule has 12 nitrogen and oxygen atoms in total. The second kappa shape index (κ2) is 8.60. The van der Waals surface area contributed by atoms with Gasteiger partial charge in [0.1, 0.15) is 17.1 Å². The Labute approximate surface area is 187 Å². The average molecular weight is 482 g/mol. The smallest absolute Gasteiger partial charge is 0.352 e. The SMILES string of the molecule is Nc1nc(C(NC=O)C(=O)N[C@@H]2C(=O)N3C(C(=O)O)=C(Cc4cnns4)CS[C@H]23)cs1. The normalized spacial score (nSPS) is 21.2. The van der Waals surface area contributed by atoms with E-state index in [9.17, 15) is 24.3 Å². The lowest BCUT2D eigenvalue weighted by molar-refractivity contribution is -0.151. The van der Waals surface area contributed by atoms with Crippen molar-refractivity contribution in [1.82, 2.24) is 30.1 Å². The Bertz CT molecular complexity index is 1070. The second-order valence-corrected chi connectivity index (χ2v) is 9.41. The van der Waals surface area contributed by atoms with Crippen molar-refractivity contribution in [2.24, 2.45) is 0 Å². The maximum absolute atomic E-state index is 12.8. The highest BCUT2D eigenvalue weighted by Crippen LogP contribution is 2.41. The highest BCUT2D eigenvalue weighted by Gasteiger charge is 2.54. The van der Waals surface area contributed by atoms with Gasteiger partial charge in [0.15, 0.2) is 11.2 Å². The third kappa shape index (κ3) is 3.98. The van der Waals surface area contributed by atoms with Crippen molar-refractivity contribution >= 4 is 64.0 Å². The lowest BCUT2D eigenvalue weighted by atomic mass is 10.0. The van der Waals surface area contributed by atoms with E-state index in [1.807, 2.05) is 0 Å². The number of aromatic nitrogens is 3. The van der Waals surface area contributed by atoms with E-state index < -0.39 is 35.2 Å². The molecule has 0 bridgehead atoms. The van der Waals surface area contributed by atoms with Crippen LogP contribution in [0.2, 0.25) is 0 Å². The Kier molecular flexibility index (Phi) is 5.88. The Hall–Kier alpha value is -3.04. The van der Waals surface area contributed by atoms with Gasteiger partial charge in [0.05, 0.1) is 11.9 Å². The first-order valence-electron chi connectivity index (χ1n) is 8.78. The first-order valence-corrected chi connectivity index (χ1v) is 11.5. The van der Waals surface area contributed by atoms with Gasteiger partial charge in [-0.1, -0.05) is 4.49 Å². The molecule has 4 heterocycles. The number of carboxylic acid groups (broad SMARTS) is 1. The number of carboxylic acids is 1. The third-order valence-electron chi connectivity index (χ3n) is 4.67. The summed E-state index contributed by atoms with van der Waals surface area (Å²) in [6, 6.07) is -2.05. The summed E-state index contributed by atoms with van der Waals surface area (Å²) in [6.07, 6.45) is 2.24. The maximum Gasteiger partial charge on any atom is 0.352 e. The van der Waals surface area contributed by atoms with Gasteiger partial charge in [0.25, 0.3) is 5.91 Å². The van der Waals surface area contributed by atoms with Crippen molar-refractivity contribution in [3.05, 3.63) is 33.4 Å². The topological polar surface area (TPSA) is 180 Å². The number of thiazole rings is 1. The van der Waals surface area contributed by atoms with Crippen LogP contribution >= 0.6 is 34.6 Å². The number of β-lactam (4-membered cyclic amide) rings is 1. The molecule has 2 aliphatic rings. The minimum Gasteiger partial charge on any atom is -0.477 e. The molecule has 3 atom stereocenters. The number of rotatable bonds is 8. The van der Waals surface area contributed by atoms with Crippen LogP contribution in [-0.4, -0.2) is 65.9 Å². The zero-order valence-electron chi connectivity index (χ0n) is 15.5. The lowest BCUT2D eigenvalue weighted by Gasteiger charge is -2.49. The number of fused-ring (bicyclic) bond motifs is 1. The van der Waals surface area contributed by atoms with Gasteiger partial charge >= 0.3 is 5.97 Å². The van der Waals surface area contributed by atoms with Crippen LogP contribution in [0.1, 0.15) is 16.6 Å². The zero-order chi connectivity index (χ0) is 22.1. The quantitative estimate of drug-likeness (QED) is 0.279. The van der Waals surface area contributed by atoms with Gasteiger partial charge in [-0.2, -0.15) is 0 Å². The lowest BCUT2D eigenvalue weighted by Crippen LogP contribution is -2.71. The average Bonchev–Trinajstić information content (AvgIpc) is 3.41. The molecule has 0 spiro atoms. The fraction of sp³-hybridized carbons (Fsp3) is 0.312. The van der Waals surface area contributed by atoms with Crippen LogP contribution < -0.4 is 16.4 Å². The Morgan fingerprint density at radius 2 is 2.26 bits per heavy atom. The van der Waals surface area contributed by atoms with Gasteiger partial charge in [-0.15, -0.1) is 28.2 Å². The van der Waals surface area contributed by atoms with E-state index in [4.69, 9.17) is 5.73 Å². The van der Waals surface area contributed by atoms with E-state index in [0.29, 0.717) is 24.2 Å². The molecule has 0 aliphatic carbocycles. The van der Waals surface area contributed by atoms with E-state index in [-0.39, 0.29) is 16.5 Å². The standard InChI is InChI=1S/C16H15N7O5S3/c17-16-20-8(4-30-16)9(18-5-24)12(25)21-10-13(26)23-11(15(27)28)6(3-29-14(10)23)1-7-2-19-22-31-7/h2,4-5,9-10,14H,1,3H2,(H2,17,20)(H,18,24)(H,21,25)(H,27,28)/t9?,10-,14-/m1/s1. The number of nitrogen functional groups attached to an aromatic ring is 1. The van der Waals surface area contributed by atoms with Gasteiger partial charge < -0.3 is 21.5 Å². The highest BCUT2D eigenvalue weighted by molar-refractivity contribution is 8.00. The number of carbonyl (C=O) groups is 4. The van der Waals surface area contributed by atoms with E-state index in [1.165, 1.54) is 22.0 Å². The Morgan fingerprint density at radius 1 is 1.45 bits per heavy atom. The molecule has 0 radical (unpaired) electrons. The summed E-state index contributed by atoms with van der Waals surface area (Å²) in [6.45, 7) is 0. The molecule has 2 aliphatic heterocycles.